The van der Waals surface area contributed by atoms with Gasteiger partial charge in [0.25, 0.3) is 0 Å². The molecule has 0 spiro atoms. The Morgan fingerprint density at radius 2 is 2.07 bits per heavy atom. The highest BCUT2D eigenvalue weighted by molar-refractivity contribution is 5.89. The Bertz CT molecular complexity index is 299. The van der Waals surface area contributed by atoms with Gasteiger partial charge in [0.15, 0.2) is 0 Å². The first-order valence-corrected chi connectivity index (χ1v) is 5.34. The van der Waals surface area contributed by atoms with E-state index in [1.165, 1.54) is 0 Å². The molecule has 15 heavy (non-hydrogen) atoms. The van der Waals surface area contributed by atoms with Gasteiger partial charge in [-0.05, 0) is 25.7 Å². The predicted molar refractivity (Wildman–Crippen MR) is 53.1 cm³/mol. The molecular formula is C10H16N2O3. The highest BCUT2D eigenvalue weighted by Crippen LogP contribution is 2.35. The van der Waals surface area contributed by atoms with E-state index in [0.29, 0.717) is 19.5 Å². The second-order valence-corrected chi connectivity index (χ2v) is 4.58. The van der Waals surface area contributed by atoms with Gasteiger partial charge in [-0.1, -0.05) is 0 Å². The van der Waals surface area contributed by atoms with Crippen molar-refractivity contribution in [2.75, 3.05) is 13.1 Å². The zero-order chi connectivity index (χ0) is 11.1. The van der Waals surface area contributed by atoms with Crippen molar-refractivity contribution in [1.29, 1.82) is 0 Å². The molecule has 0 radical (unpaired) electrons. The Balaban J connectivity index is 1.98. The molecule has 0 aromatic rings. The minimum atomic E-state index is -0.811. The molecule has 5 heteroatoms. The molecule has 1 aliphatic carbocycles. The maximum atomic E-state index is 11.9. The van der Waals surface area contributed by atoms with E-state index >= 15 is 0 Å². The Morgan fingerprint density at radius 1 is 1.40 bits per heavy atom. The molecule has 0 unspecified atom stereocenters. The van der Waals surface area contributed by atoms with Crippen LogP contribution in [0.3, 0.4) is 0 Å². The van der Waals surface area contributed by atoms with Gasteiger partial charge in [-0.3, -0.25) is 9.59 Å². The number of nitrogens with zero attached hydrogens (tertiary/aromatic N) is 1. The molecule has 1 amide bonds. The first kappa shape index (κ1) is 10.4. The molecule has 1 heterocycles. The van der Waals surface area contributed by atoms with Gasteiger partial charge in [-0.15, -0.1) is 0 Å². The lowest BCUT2D eigenvalue weighted by atomic mass is 9.97. The van der Waals surface area contributed by atoms with Crippen molar-refractivity contribution < 1.29 is 14.7 Å². The molecule has 0 aromatic carbocycles. The molecule has 2 aliphatic rings. The number of carboxylic acid groups (broad SMARTS) is 1. The molecule has 84 valence electrons. The first-order valence-electron chi connectivity index (χ1n) is 5.34. The molecule has 3 N–H and O–H groups in total. The molecule has 2 rings (SSSR count). The van der Waals surface area contributed by atoms with E-state index in [-0.39, 0.29) is 5.91 Å². The third kappa shape index (κ3) is 1.97. The van der Waals surface area contributed by atoms with Crippen LogP contribution in [0.15, 0.2) is 0 Å². The third-order valence-corrected chi connectivity index (χ3v) is 3.27. The van der Waals surface area contributed by atoms with Gasteiger partial charge in [0, 0.05) is 13.1 Å². The summed E-state index contributed by atoms with van der Waals surface area (Å²) in [6.07, 6.45) is 2.90. The fourth-order valence-electron chi connectivity index (χ4n) is 2.03. The van der Waals surface area contributed by atoms with Gasteiger partial charge in [-0.25, -0.2) is 0 Å². The van der Waals surface area contributed by atoms with Gasteiger partial charge >= 0.3 is 5.97 Å². The zero-order valence-electron chi connectivity index (χ0n) is 8.61. The van der Waals surface area contributed by atoms with Gasteiger partial charge in [-0.2, -0.15) is 0 Å². The van der Waals surface area contributed by atoms with Crippen LogP contribution in [0, 0.1) is 5.92 Å². The summed E-state index contributed by atoms with van der Waals surface area (Å²) in [6, 6.07) is 0. The molecular weight excluding hydrogens is 196 g/mol. The number of carboxylic acids is 1. The second kappa shape index (κ2) is 3.48. The standard InChI is InChI=1S/C10H16N2O3/c11-10(3-4-10)9(15)12-5-1-2-7(6-12)8(13)14/h7H,1-6,11H2,(H,13,14)/t7-/m1/s1. The van der Waals surface area contributed by atoms with Gasteiger partial charge in [0.1, 0.15) is 0 Å². The summed E-state index contributed by atoms with van der Waals surface area (Å²) in [6.45, 7) is 0.981. The van der Waals surface area contributed by atoms with E-state index in [1.54, 1.807) is 4.90 Å². The average molecular weight is 212 g/mol. The van der Waals surface area contributed by atoms with Gasteiger partial charge in [0.05, 0.1) is 11.5 Å². The van der Waals surface area contributed by atoms with E-state index < -0.39 is 17.4 Å². The maximum absolute atomic E-state index is 11.9. The number of amides is 1. The summed E-state index contributed by atoms with van der Waals surface area (Å²) in [5, 5.41) is 8.89. The number of carbonyl (C=O) groups excluding carboxylic acids is 1. The van der Waals surface area contributed by atoms with Gasteiger partial charge in [0.2, 0.25) is 5.91 Å². The van der Waals surface area contributed by atoms with Crippen LogP contribution in [0.25, 0.3) is 0 Å². The van der Waals surface area contributed by atoms with Crippen molar-refractivity contribution in [2.45, 2.75) is 31.2 Å². The Labute approximate surface area is 88.2 Å². The Kier molecular flexibility index (Phi) is 2.42. The average Bonchev–Trinajstić information content (AvgIpc) is 2.97. The number of nitrogens with two attached hydrogens (primary N) is 1. The van der Waals surface area contributed by atoms with E-state index in [1.807, 2.05) is 0 Å². The Morgan fingerprint density at radius 3 is 2.60 bits per heavy atom. The fraction of sp³-hybridized carbons (Fsp3) is 0.800. The van der Waals surface area contributed by atoms with Crippen molar-refractivity contribution in [3.05, 3.63) is 0 Å². The molecule has 1 atom stereocenters. The third-order valence-electron chi connectivity index (χ3n) is 3.27. The van der Waals surface area contributed by atoms with Crippen LogP contribution in [0.4, 0.5) is 0 Å². The molecule has 0 bridgehead atoms. The van der Waals surface area contributed by atoms with Crippen LogP contribution in [0.1, 0.15) is 25.7 Å². The monoisotopic (exact) mass is 212 g/mol. The lowest BCUT2D eigenvalue weighted by Gasteiger charge is -2.32. The second-order valence-electron chi connectivity index (χ2n) is 4.58. The molecule has 1 aliphatic heterocycles. The van der Waals surface area contributed by atoms with Crippen LogP contribution in [-0.4, -0.2) is 40.5 Å². The Hall–Kier alpha value is -1.10. The molecule has 0 aromatic heterocycles. The fourth-order valence-corrected chi connectivity index (χ4v) is 2.03. The van der Waals surface area contributed by atoms with Crippen molar-refractivity contribution in [3.63, 3.8) is 0 Å². The normalized spacial score (nSPS) is 28.6. The van der Waals surface area contributed by atoms with Crippen LogP contribution in [-0.2, 0) is 9.59 Å². The summed E-state index contributed by atoms with van der Waals surface area (Å²) >= 11 is 0. The van der Waals surface area contributed by atoms with Crippen LogP contribution < -0.4 is 5.73 Å². The topological polar surface area (TPSA) is 83.6 Å². The van der Waals surface area contributed by atoms with Gasteiger partial charge < -0.3 is 15.7 Å². The van der Waals surface area contributed by atoms with Crippen molar-refractivity contribution in [3.8, 4) is 0 Å². The summed E-state index contributed by atoms with van der Waals surface area (Å²) in [7, 11) is 0. The molecule has 2 fully saturated rings. The highest BCUT2D eigenvalue weighted by atomic mass is 16.4. The molecule has 5 nitrogen and oxygen atoms in total. The van der Waals surface area contributed by atoms with E-state index in [2.05, 4.69) is 0 Å². The minimum absolute atomic E-state index is 0.0616. The maximum Gasteiger partial charge on any atom is 0.308 e. The lowest BCUT2D eigenvalue weighted by molar-refractivity contribution is -0.146. The SMILES string of the molecule is NC1(C(=O)N2CCC[C@@H](C(=O)O)C2)CC1. The highest BCUT2D eigenvalue weighted by Gasteiger charge is 2.48. The first-order chi connectivity index (χ1) is 7.03. The number of carbonyl (C=O) groups is 2. The number of hydrogen-bond acceptors (Lipinski definition) is 3. The summed E-state index contributed by atoms with van der Waals surface area (Å²) in [5.74, 6) is -1.28. The molecule has 1 saturated heterocycles. The number of rotatable bonds is 2. The van der Waals surface area contributed by atoms with Crippen LogP contribution in [0.5, 0.6) is 0 Å². The smallest absolute Gasteiger partial charge is 0.308 e. The van der Waals surface area contributed by atoms with Crippen molar-refractivity contribution in [2.24, 2.45) is 11.7 Å². The zero-order valence-corrected chi connectivity index (χ0v) is 8.61. The lowest BCUT2D eigenvalue weighted by Crippen LogP contribution is -2.50. The van der Waals surface area contributed by atoms with Crippen molar-refractivity contribution in [1.82, 2.24) is 4.90 Å². The number of likely N-dealkylation sites (tertiary alicyclic amines) is 1. The van der Waals surface area contributed by atoms with Crippen LogP contribution in [0.2, 0.25) is 0 Å². The largest absolute Gasteiger partial charge is 0.481 e. The predicted octanol–water partition coefficient (Wildman–Crippen LogP) is -0.199. The van der Waals surface area contributed by atoms with E-state index in [9.17, 15) is 9.59 Å². The quantitative estimate of drug-likeness (QED) is 0.664. The van der Waals surface area contributed by atoms with E-state index in [0.717, 1.165) is 19.3 Å². The van der Waals surface area contributed by atoms with Crippen LogP contribution >= 0.6 is 0 Å². The number of piperidine rings is 1. The summed E-state index contributed by atoms with van der Waals surface area (Å²) in [4.78, 5) is 24.3. The number of hydrogen-bond donors (Lipinski definition) is 2. The molecule has 1 saturated carbocycles. The van der Waals surface area contributed by atoms with E-state index in [4.69, 9.17) is 10.8 Å². The summed E-state index contributed by atoms with van der Waals surface area (Å²) in [5.41, 5.74) is 5.14. The van der Waals surface area contributed by atoms with Crippen molar-refractivity contribution >= 4 is 11.9 Å². The minimum Gasteiger partial charge on any atom is -0.481 e. The summed E-state index contributed by atoms with van der Waals surface area (Å²) < 4.78 is 0. The number of aliphatic carboxylic acids is 1.